The molecule has 0 saturated carbocycles. The highest BCUT2D eigenvalue weighted by molar-refractivity contribution is 4.50. The molecule has 0 radical (unpaired) electrons. The minimum absolute atomic E-state index is 0.889. The van der Waals surface area contributed by atoms with Gasteiger partial charge >= 0.3 is 0 Å². The summed E-state index contributed by atoms with van der Waals surface area (Å²) in [5, 5.41) is 6.44. The Kier molecular flexibility index (Phi) is 8.00. The van der Waals surface area contributed by atoms with Crippen LogP contribution in [0.25, 0.3) is 0 Å². The van der Waals surface area contributed by atoms with Crippen LogP contribution < -0.4 is 10.6 Å². The van der Waals surface area contributed by atoms with Gasteiger partial charge in [0.25, 0.3) is 0 Å². The molecule has 2 saturated heterocycles. The largest absolute Gasteiger partial charge is 0.380 e. The Bertz CT molecular complexity index is 69.4. The van der Waals surface area contributed by atoms with Crippen molar-refractivity contribution in [3.63, 3.8) is 0 Å². The molecule has 0 aromatic carbocycles. The Morgan fingerprint density at radius 1 is 0.571 bits per heavy atom. The first-order valence-corrected chi connectivity index (χ1v) is 5.57. The molecule has 2 heterocycles. The molecule has 84 valence electrons. The predicted octanol–water partition coefficient (Wildman–Crippen LogP) is -0.00740. The summed E-state index contributed by atoms with van der Waals surface area (Å²) in [7, 11) is 0. The van der Waals surface area contributed by atoms with E-state index in [0.29, 0.717) is 0 Å². The molecule has 0 amide bonds. The summed E-state index contributed by atoms with van der Waals surface area (Å²) < 4.78 is 10.3. The maximum absolute atomic E-state index is 5.13. The maximum Gasteiger partial charge on any atom is 0.0590 e. The lowest BCUT2D eigenvalue weighted by molar-refractivity contribution is 0.151. The first kappa shape index (κ1) is 11.9. The first-order valence-electron chi connectivity index (χ1n) is 5.57. The molecule has 4 heteroatoms. The molecular formula is C10H22N2O2. The van der Waals surface area contributed by atoms with Gasteiger partial charge in [-0.3, -0.25) is 0 Å². The van der Waals surface area contributed by atoms with Gasteiger partial charge in [-0.2, -0.15) is 0 Å². The van der Waals surface area contributed by atoms with Crippen LogP contribution in [0.4, 0.5) is 0 Å². The van der Waals surface area contributed by atoms with Gasteiger partial charge in [-0.25, -0.2) is 0 Å². The molecule has 2 aliphatic heterocycles. The van der Waals surface area contributed by atoms with E-state index in [1.165, 1.54) is 12.8 Å². The van der Waals surface area contributed by atoms with Crippen LogP contribution in [-0.4, -0.2) is 52.6 Å². The highest BCUT2D eigenvalue weighted by Gasteiger charge is 1.94. The van der Waals surface area contributed by atoms with Crippen molar-refractivity contribution in [2.75, 3.05) is 52.6 Å². The van der Waals surface area contributed by atoms with Crippen LogP contribution in [0.2, 0.25) is 0 Å². The maximum atomic E-state index is 5.13. The summed E-state index contributed by atoms with van der Waals surface area (Å²) in [5.41, 5.74) is 0. The Hall–Kier alpha value is -0.160. The van der Waals surface area contributed by atoms with Crippen LogP contribution in [0.5, 0.6) is 0 Å². The van der Waals surface area contributed by atoms with E-state index < -0.39 is 0 Å². The number of rotatable bonds is 0. The molecule has 0 aliphatic carbocycles. The zero-order chi connectivity index (χ0) is 9.90. The minimum Gasteiger partial charge on any atom is -0.380 e. The van der Waals surface area contributed by atoms with Crippen molar-refractivity contribution in [3.05, 3.63) is 0 Å². The topological polar surface area (TPSA) is 42.5 Å². The standard InChI is InChI=1S/2C5H11NO/c2*1-2-6-3-5-7-4-1/h2*6H,1-5H2. The Labute approximate surface area is 86.3 Å². The van der Waals surface area contributed by atoms with Crippen molar-refractivity contribution in [1.29, 1.82) is 0 Å². The van der Waals surface area contributed by atoms with Crippen molar-refractivity contribution >= 4 is 0 Å². The highest BCUT2D eigenvalue weighted by atomic mass is 16.5. The van der Waals surface area contributed by atoms with Crippen LogP contribution in [0.15, 0.2) is 0 Å². The first-order chi connectivity index (χ1) is 7.00. The molecule has 0 aromatic heterocycles. The van der Waals surface area contributed by atoms with Gasteiger partial charge in [0.15, 0.2) is 0 Å². The van der Waals surface area contributed by atoms with Gasteiger partial charge in [-0.1, -0.05) is 0 Å². The lowest BCUT2D eigenvalue weighted by Crippen LogP contribution is -2.15. The molecule has 2 N–H and O–H groups in total. The Morgan fingerprint density at radius 3 is 1.57 bits per heavy atom. The normalized spacial score (nSPS) is 24.0. The Balaban J connectivity index is 0.000000140. The van der Waals surface area contributed by atoms with Gasteiger partial charge in [0, 0.05) is 26.3 Å². The fourth-order valence-corrected chi connectivity index (χ4v) is 1.34. The van der Waals surface area contributed by atoms with Crippen molar-refractivity contribution in [2.24, 2.45) is 0 Å². The molecule has 2 rings (SSSR count). The SMILES string of the molecule is C1CNCCOC1.C1CNCCOC1. The number of ether oxygens (including phenoxy) is 2. The van der Waals surface area contributed by atoms with Crippen molar-refractivity contribution in [1.82, 2.24) is 10.6 Å². The second-order valence-electron chi connectivity index (χ2n) is 3.43. The number of hydrogen-bond acceptors (Lipinski definition) is 4. The summed E-state index contributed by atoms with van der Waals surface area (Å²) in [6.07, 6.45) is 2.33. The quantitative estimate of drug-likeness (QED) is 0.580. The molecule has 14 heavy (non-hydrogen) atoms. The molecule has 0 unspecified atom stereocenters. The van der Waals surface area contributed by atoms with E-state index >= 15 is 0 Å². The number of hydrogen-bond donors (Lipinski definition) is 2. The molecule has 0 spiro atoms. The zero-order valence-corrected chi connectivity index (χ0v) is 8.89. The summed E-state index contributed by atoms with van der Waals surface area (Å²) in [4.78, 5) is 0. The molecular weight excluding hydrogens is 180 g/mol. The molecule has 0 bridgehead atoms. The summed E-state index contributed by atoms with van der Waals surface area (Å²) in [5.74, 6) is 0. The van der Waals surface area contributed by atoms with E-state index in [4.69, 9.17) is 9.47 Å². The smallest absolute Gasteiger partial charge is 0.0590 e. The lowest BCUT2D eigenvalue weighted by Gasteiger charge is -1.91. The fourth-order valence-electron chi connectivity index (χ4n) is 1.34. The monoisotopic (exact) mass is 202 g/mol. The summed E-state index contributed by atoms with van der Waals surface area (Å²) in [6.45, 7) is 7.96. The molecule has 0 aromatic rings. The average molecular weight is 202 g/mol. The van der Waals surface area contributed by atoms with Gasteiger partial charge < -0.3 is 20.1 Å². The molecule has 4 nitrogen and oxygen atoms in total. The van der Waals surface area contributed by atoms with Crippen molar-refractivity contribution in [3.8, 4) is 0 Å². The van der Waals surface area contributed by atoms with Crippen LogP contribution >= 0.6 is 0 Å². The average Bonchev–Trinajstić information content (AvgIpc) is 2.68. The van der Waals surface area contributed by atoms with Gasteiger partial charge in [-0.15, -0.1) is 0 Å². The third-order valence-corrected chi connectivity index (χ3v) is 2.13. The molecule has 2 aliphatic rings. The van der Waals surface area contributed by atoms with Crippen LogP contribution in [0, 0.1) is 0 Å². The van der Waals surface area contributed by atoms with E-state index in [-0.39, 0.29) is 0 Å². The van der Waals surface area contributed by atoms with Crippen LogP contribution in [0.3, 0.4) is 0 Å². The second-order valence-corrected chi connectivity index (χ2v) is 3.43. The third-order valence-electron chi connectivity index (χ3n) is 2.13. The van der Waals surface area contributed by atoms with E-state index in [2.05, 4.69) is 10.6 Å². The Morgan fingerprint density at radius 2 is 1.07 bits per heavy atom. The van der Waals surface area contributed by atoms with Crippen molar-refractivity contribution < 1.29 is 9.47 Å². The zero-order valence-electron chi connectivity index (χ0n) is 8.89. The molecule has 2 fully saturated rings. The van der Waals surface area contributed by atoms with Crippen LogP contribution in [0.1, 0.15) is 12.8 Å². The van der Waals surface area contributed by atoms with E-state index in [9.17, 15) is 0 Å². The fraction of sp³-hybridized carbons (Fsp3) is 1.00. The van der Waals surface area contributed by atoms with E-state index in [1.54, 1.807) is 0 Å². The number of nitrogens with one attached hydrogen (secondary N) is 2. The minimum atomic E-state index is 0.889. The lowest BCUT2D eigenvalue weighted by atomic mass is 10.5. The summed E-state index contributed by atoms with van der Waals surface area (Å²) in [6, 6.07) is 0. The predicted molar refractivity (Wildman–Crippen MR) is 56.6 cm³/mol. The molecule has 0 atom stereocenters. The second kappa shape index (κ2) is 9.40. The van der Waals surface area contributed by atoms with Gasteiger partial charge in [0.2, 0.25) is 0 Å². The van der Waals surface area contributed by atoms with E-state index in [0.717, 1.165) is 52.6 Å². The van der Waals surface area contributed by atoms with Gasteiger partial charge in [-0.05, 0) is 25.9 Å². The summed E-state index contributed by atoms with van der Waals surface area (Å²) >= 11 is 0. The van der Waals surface area contributed by atoms with E-state index in [1.807, 2.05) is 0 Å². The van der Waals surface area contributed by atoms with Crippen molar-refractivity contribution in [2.45, 2.75) is 12.8 Å². The van der Waals surface area contributed by atoms with Gasteiger partial charge in [0.05, 0.1) is 13.2 Å². The third kappa shape index (κ3) is 7.26. The van der Waals surface area contributed by atoms with Crippen LogP contribution in [-0.2, 0) is 9.47 Å². The van der Waals surface area contributed by atoms with Gasteiger partial charge in [0.1, 0.15) is 0 Å². The highest BCUT2D eigenvalue weighted by Crippen LogP contribution is 1.84.